The summed E-state index contributed by atoms with van der Waals surface area (Å²) in [5.74, 6) is -0.613. The van der Waals surface area contributed by atoms with Gasteiger partial charge in [-0.15, -0.1) is 11.8 Å². The number of carbonyl (C=O) groups excluding carboxylic acids is 3. The summed E-state index contributed by atoms with van der Waals surface area (Å²) in [6.07, 6.45) is 0.466. The molecule has 7 nitrogen and oxygen atoms in total. The maximum absolute atomic E-state index is 13.4. The van der Waals surface area contributed by atoms with Crippen LogP contribution in [0.3, 0.4) is 0 Å². The zero-order valence-corrected chi connectivity index (χ0v) is 19.0. The van der Waals surface area contributed by atoms with Crippen molar-refractivity contribution in [2.45, 2.75) is 69.3 Å². The van der Waals surface area contributed by atoms with E-state index in [1.54, 1.807) is 29.7 Å². The molecule has 4 atom stereocenters. The number of fused-ring (bicyclic) bond motifs is 3. The smallest absolute Gasteiger partial charge is 0.256 e. The van der Waals surface area contributed by atoms with Crippen LogP contribution in [0.25, 0.3) is 0 Å². The molecular weight excluding hydrogens is 402 g/mol. The number of aliphatic hydroxyl groups is 1. The molecule has 2 aliphatic rings. The van der Waals surface area contributed by atoms with Crippen molar-refractivity contribution in [1.82, 2.24) is 15.5 Å². The number of aliphatic hydroxyl groups excluding tert-OH is 1. The normalized spacial score (nSPS) is 23.7. The minimum atomic E-state index is -0.730. The van der Waals surface area contributed by atoms with Gasteiger partial charge >= 0.3 is 0 Å². The van der Waals surface area contributed by atoms with Crippen LogP contribution in [-0.4, -0.2) is 57.2 Å². The molecule has 1 aromatic rings. The second-order valence-electron chi connectivity index (χ2n) is 9.06. The Balaban J connectivity index is 1.83. The minimum absolute atomic E-state index is 0.146. The number of nitrogens with one attached hydrogen (secondary N) is 2. The number of amides is 3. The zero-order chi connectivity index (χ0) is 22.2. The van der Waals surface area contributed by atoms with Gasteiger partial charge in [-0.05, 0) is 44.7 Å². The van der Waals surface area contributed by atoms with Gasteiger partial charge in [0.25, 0.3) is 5.91 Å². The molecule has 8 heteroatoms. The van der Waals surface area contributed by atoms with Crippen molar-refractivity contribution < 1.29 is 19.5 Å². The minimum Gasteiger partial charge on any atom is -0.394 e. The van der Waals surface area contributed by atoms with Gasteiger partial charge in [-0.25, -0.2) is 0 Å². The summed E-state index contributed by atoms with van der Waals surface area (Å²) in [6, 6.07) is 5.64. The summed E-state index contributed by atoms with van der Waals surface area (Å²) in [6.45, 7) is 9.40. The van der Waals surface area contributed by atoms with Gasteiger partial charge in [0.15, 0.2) is 0 Å². The molecule has 0 bridgehead atoms. The second-order valence-corrected chi connectivity index (χ2v) is 10.8. The number of benzene rings is 1. The SMILES string of the molecule is CC(C)C[C@H](NC(=O)[C@@H]1N2C(=O)c3ccccc3[C@H]2SC1(C)C)C(=O)N[C@@H](C)CO. The summed E-state index contributed by atoms with van der Waals surface area (Å²) in [7, 11) is 0. The molecule has 3 N–H and O–H groups in total. The first-order valence-electron chi connectivity index (χ1n) is 10.4. The van der Waals surface area contributed by atoms with E-state index in [4.69, 9.17) is 0 Å². The van der Waals surface area contributed by atoms with Crippen LogP contribution in [0.4, 0.5) is 0 Å². The number of hydrogen-bond donors (Lipinski definition) is 3. The molecule has 2 heterocycles. The molecule has 0 unspecified atom stereocenters. The van der Waals surface area contributed by atoms with Gasteiger partial charge < -0.3 is 20.6 Å². The number of rotatable bonds is 7. The quantitative estimate of drug-likeness (QED) is 0.611. The molecule has 1 saturated heterocycles. The van der Waals surface area contributed by atoms with Gasteiger partial charge in [0.2, 0.25) is 11.8 Å². The first-order chi connectivity index (χ1) is 14.1. The molecule has 0 aliphatic carbocycles. The number of hydrogen-bond acceptors (Lipinski definition) is 5. The molecule has 3 rings (SSSR count). The molecule has 164 valence electrons. The second kappa shape index (κ2) is 8.59. The topological polar surface area (TPSA) is 98.7 Å². The molecule has 1 fully saturated rings. The Morgan fingerprint density at radius 1 is 1.20 bits per heavy atom. The van der Waals surface area contributed by atoms with Crippen LogP contribution >= 0.6 is 11.8 Å². The maximum Gasteiger partial charge on any atom is 0.256 e. The number of nitrogens with zero attached hydrogens (tertiary/aromatic N) is 1. The number of carbonyl (C=O) groups is 3. The van der Waals surface area contributed by atoms with E-state index in [1.807, 2.05) is 45.9 Å². The Hall–Kier alpha value is -2.06. The number of thioether (sulfide) groups is 1. The standard InChI is InChI=1S/C22H31N3O4S/c1-12(2)10-16(18(27)23-13(3)11-26)24-19(28)17-22(4,5)30-21-15-9-7-6-8-14(15)20(29)25(17)21/h6-9,12-13,16-17,21,26H,10-11H2,1-5H3,(H,23,27)(H,24,28)/t13-,16-,17-,21+/m0/s1. The van der Waals surface area contributed by atoms with Crippen molar-refractivity contribution in [3.05, 3.63) is 35.4 Å². The fraction of sp³-hybridized carbons (Fsp3) is 0.591. The predicted molar refractivity (Wildman–Crippen MR) is 117 cm³/mol. The van der Waals surface area contributed by atoms with Crippen molar-refractivity contribution in [2.24, 2.45) is 5.92 Å². The summed E-state index contributed by atoms with van der Waals surface area (Å²) in [4.78, 5) is 40.9. The Bertz CT molecular complexity index is 841. The van der Waals surface area contributed by atoms with Crippen molar-refractivity contribution in [1.29, 1.82) is 0 Å². The lowest BCUT2D eigenvalue weighted by atomic mass is 9.98. The van der Waals surface area contributed by atoms with E-state index in [9.17, 15) is 19.5 Å². The molecule has 0 radical (unpaired) electrons. The third kappa shape index (κ3) is 4.21. The van der Waals surface area contributed by atoms with Crippen LogP contribution in [0.5, 0.6) is 0 Å². The van der Waals surface area contributed by atoms with Gasteiger partial charge in [0, 0.05) is 16.4 Å². The summed E-state index contributed by atoms with van der Waals surface area (Å²) < 4.78 is -0.505. The fourth-order valence-electron chi connectivity index (χ4n) is 4.15. The lowest BCUT2D eigenvalue weighted by Crippen LogP contribution is -2.58. The van der Waals surface area contributed by atoms with Crippen molar-refractivity contribution in [3.8, 4) is 0 Å². The molecule has 30 heavy (non-hydrogen) atoms. The van der Waals surface area contributed by atoms with E-state index < -0.39 is 22.9 Å². The van der Waals surface area contributed by atoms with E-state index in [2.05, 4.69) is 10.6 Å². The Labute approximate surface area is 182 Å². The summed E-state index contributed by atoms with van der Waals surface area (Å²) in [5.41, 5.74) is 1.57. The molecule has 1 aromatic carbocycles. The highest BCUT2D eigenvalue weighted by Gasteiger charge is 2.57. The van der Waals surface area contributed by atoms with Crippen molar-refractivity contribution >= 4 is 29.5 Å². The highest BCUT2D eigenvalue weighted by atomic mass is 32.2. The Morgan fingerprint density at radius 2 is 1.87 bits per heavy atom. The zero-order valence-electron chi connectivity index (χ0n) is 18.1. The highest BCUT2D eigenvalue weighted by molar-refractivity contribution is 8.01. The van der Waals surface area contributed by atoms with E-state index in [0.717, 1.165) is 5.56 Å². The Kier molecular flexibility index (Phi) is 6.48. The third-order valence-electron chi connectivity index (χ3n) is 5.55. The average molecular weight is 434 g/mol. The van der Waals surface area contributed by atoms with E-state index >= 15 is 0 Å². The van der Waals surface area contributed by atoms with Crippen LogP contribution < -0.4 is 10.6 Å². The summed E-state index contributed by atoms with van der Waals surface area (Å²) in [5, 5.41) is 14.7. The molecular formula is C22H31N3O4S. The average Bonchev–Trinajstić information content (AvgIpc) is 3.10. The van der Waals surface area contributed by atoms with Crippen molar-refractivity contribution in [2.75, 3.05) is 6.61 Å². The maximum atomic E-state index is 13.4. The van der Waals surface area contributed by atoms with E-state index in [0.29, 0.717) is 12.0 Å². The highest BCUT2D eigenvalue weighted by Crippen LogP contribution is 2.56. The molecule has 0 spiro atoms. The first-order valence-corrected chi connectivity index (χ1v) is 11.3. The van der Waals surface area contributed by atoms with E-state index in [1.165, 1.54) is 0 Å². The van der Waals surface area contributed by atoms with Gasteiger partial charge in [-0.3, -0.25) is 14.4 Å². The van der Waals surface area contributed by atoms with Crippen LogP contribution in [0.1, 0.15) is 62.3 Å². The van der Waals surface area contributed by atoms with E-state index in [-0.39, 0.29) is 35.6 Å². The van der Waals surface area contributed by atoms with Crippen LogP contribution in [0.2, 0.25) is 0 Å². The lowest BCUT2D eigenvalue weighted by molar-refractivity contribution is -0.132. The van der Waals surface area contributed by atoms with Gasteiger partial charge in [0.05, 0.1) is 6.61 Å². The predicted octanol–water partition coefficient (Wildman–Crippen LogP) is 2.06. The van der Waals surface area contributed by atoms with Crippen LogP contribution in [-0.2, 0) is 9.59 Å². The molecule has 0 aromatic heterocycles. The lowest BCUT2D eigenvalue weighted by Gasteiger charge is -2.31. The fourth-order valence-corrected chi connectivity index (χ4v) is 5.74. The van der Waals surface area contributed by atoms with Gasteiger partial charge in [-0.2, -0.15) is 0 Å². The van der Waals surface area contributed by atoms with Crippen LogP contribution in [0.15, 0.2) is 24.3 Å². The van der Waals surface area contributed by atoms with Crippen LogP contribution in [0, 0.1) is 5.92 Å². The van der Waals surface area contributed by atoms with Gasteiger partial charge in [-0.1, -0.05) is 32.0 Å². The van der Waals surface area contributed by atoms with Gasteiger partial charge in [0.1, 0.15) is 17.5 Å². The largest absolute Gasteiger partial charge is 0.394 e. The monoisotopic (exact) mass is 433 g/mol. The summed E-state index contributed by atoms with van der Waals surface area (Å²) >= 11 is 1.60. The Morgan fingerprint density at radius 3 is 2.50 bits per heavy atom. The van der Waals surface area contributed by atoms with Crippen molar-refractivity contribution in [3.63, 3.8) is 0 Å². The molecule has 0 saturated carbocycles. The molecule has 3 amide bonds. The third-order valence-corrected chi connectivity index (χ3v) is 7.08. The molecule has 2 aliphatic heterocycles. The first kappa shape index (κ1) is 22.6.